The van der Waals surface area contributed by atoms with Gasteiger partial charge in [0.1, 0.15) is 12.1 Å². The highest BCUT2D eigenvalue weighted by Gasteiger charge is 2.62. The average molecular weight is 433 g/mol. The number of pyridine rings is 1. The Bertz CT molecular complexity index is 1220. The van der Waals surface area contributed by atoms with E-state index in [2.05, 4.69) is 15.8 Å². The minimum Gasteiger partial charge on any atom is -0.469 e. The summed E-state index contributed by atoms with van der Waals surface area (Å²) in [7, 11) is 1.27. The first kappa shape index (κ1) is 19.9. The van der Waals surface area contributed by atoms with E-state index in [1.54, 1.807) is 40.3 Å². The molecule has 10 nitrogen and oxygen atoms in total. The van der Waals surface area contributed by atoms with E-state index in [9.17, 15) is 24.4 Å². The fourth-order valence-corrected chi connectivity index (χ4v) is 5.06. The van der Waals surface area contributed by atoms with Crippen LogP contribution in [0.25, 0.3) is 10.9 Å². The Morgan fingerprint density at radius 1 is 1.25 bits per heavy atom. The van der Waals surface area contributed by atoms with Gasteiger partial charge in [-0.25, -0.2) is 9.69 Å². The summed E-state index contributed by atoms with van der Waals surface area (Å²) in [5, 5.41) is 9.90. The minimum atomic E-state index is -0.759. The van der Waals surface area contributed by atoms with Crippen molar-refractivity contribution in [3.8, 4) is 6.07 Å². The summed E-state index contributed by atoms with van der Waals surface area (Å²) in [6.45, 7) is 0.337. The van der Waals surface area contributed by atoms with Crippen molar-refractivity contribution in [1.29, 1.82) is 5.26 Å². The van der Waals surface area contributed by atoms with Crippen LogP contribution in [0.5, 0.6) is 0 Å². The Morgan fingerprint density at radius 2 is 2.06 bits per heavy atom. The van der Waals surface area contributed by atoms with Gasteiger partial charge in [-0.05, 0) is 30.7 Å². The van der Waals surface area contributed by atoms with E-state index in [0.29, 0.717) is 35.1 Å². The fraction of sp³-hybridized carbons (Fsp3) is 0.364. The largest absolute Gasteiger partial charge is 0.469 e. The van der Waals surface area contributed by atoms with Crippen LogP contribution in [0.2, 0.25) is 0 Å². The molecule has 4 amide bonds. The van der Waals surface area contributed by atoms with Gasteiger partial charge in [0.25, 0.3) is 5.91 Å². The average Bonchev–Trinajstić information content (AvgIpc) is 3.48. The van der Waals surface area contributed by atoms with Crippen molar-refractivity contribution in [3.63, 3.8) is 0 Å². The summed E-state index contributed by atoms with van der Waals surface area (Å²) in [4.78, 5) is 59.4. The van der Waals surface area contributed by atoms with Crippen LogP contribution in [0, 0.1) is 11.3 Å². The van der Waals surface area contributed by atoms with Crippen molar-refractivity contribution in [2.24, 2.45) is 0 Å². The van der Waals surface area contributed by atoms with Crippen molar-refractivity contribution >= 4 is 40.4 Å². The van der Waals surface area contributed by atoms with Crippen LogP contribution in [0.15, 0.2) is 30.5 Å². The number of methoxy groups -OCH3 is 1. The molecule has 4 heterocycles. The van der Waals surface area contributed by atoms with Crippen LogP contribution in [0.4, 0.5) is 10.5 Å². The quantitative estimate of drug-likeness (QED) is 0.524. The third-order valence-corrected chi connectivity index (χ3v) is 6.46. The minimum absolute atomic E-state index is 0.000390. The Labute approximate surface area is 182 Å². The highest BCUT2D eigenvalue weighted by molar-refractivity contribution is 6.25. The van der Waals surface area contributed by atoms with Crippen molar-refractivity contribution in [3.05, 3.63) is 36.0 Å². The van der Waals surface area contributed by atoms with E-state index in [1.807, 2.05) is 0 Å². The fourth-order valence-electron chi connectivity index (χ4n) is 5.06. The standard InChI is InChI=1S/C22H19N5O5/c1-32-18(29)7-6-17(28)25-11-13-9-16(25)20-21(30)27(22(31)26(13)20)15-5-4-12(10-23)19-14(15)3-2-8-24-19/h2-5,8,13,16,20H,6-7,9,11H2,1H3/t13-,16?,20+/m1/s1. The van der Waals surface area contributed by atoms with Gasteiger partial charge in [0.05, 0.1) is 42.4 Å². The van der Waals surface area contributed by atoms with Crippen LogP contribution >= 0.6 is 0 Å². The van der Waals surface area contributed by atoms with E-state index >= 15 is 0 Å². The highest BCUT2D eigenvalue weighted by Crippen LogP contribution is 2.43. The van der Waals surface area contributed by atoms with Gasteiger partial charge < -0.3 is 14.5 Å². The molecule has 0 aliphatic carbocycles. The third-order valence-electron chi connectivity index (χ3n) is 6.46. The Kier molecular flexibility index (Phi) is 4.55. The van der Waals surface area contributed by atoms with Gasteiger partial charge in [-0.2, -0.15) is 5.26 Å². The molecule has 2 bridgehead atoms. The molecular formula is C22H19N5O5. The molecule has 10 heteroatoms. The molecule has 3 fully saturated rings. The number of rotatable bonds is 4. The second-order valence-electron chi connectivity index (χ2n) is 8.03. The number of aromatic nitrogens is 1. The molecule has 1 aromatic heterocycles. The number of piperazine rings is 1. The summed E-state index contributed by atoms with van der Waals surface area (Å²) >= 11 is 0. The van der Waals surface area contributed by atoms with Gasteiger partial charge in [0, 0.05) is 24.5 Å². The molecule has 0 N–H and O–H groups in total. The number of urea groups is 1. The van der Waals surface area contributed by atoms with Crippen molar-refractivity contribution in [1.82, 2.24) is 14.8 Å². The van der Waals surface area contributed by atoms with Crippen molar-refractivity contribution < 1.29 is 23.9 Å². The summed E-state index contributed by atoms with van der Waals surface area (Å²) in [5.74, 6) is -1.10. The molecule has 3 aliphatic rings. The van der Waals surface area contributed by atoms with Gasteiger partial charge in [-0.1, -0.05) is 0 Å². The topological polar surface area (TPSA) is 124 Å². The molecular weight excluding hydrogens is 414 g/mol. The molecule has 1 aromatic carbocycles. The zero-order valence-electron chi connectivity index (χ0n) is 17.2. The lowest BCUT2D eigenvalue weighted by atomic mass is 10.1. The number of likely N-dealkylation sites (tertiary alicyclic amines) is 1. The Balaban J connectivity index is 1.45. The monoisotopic (exact) mass is 433 g/mol. The Morgan fingerprint density at radius 3 is 2.81 bits per heavy atom. The van der Waals surface area contributed by atoms with Gasteiger partial charge in [-0.3, -0.25) is 19.4 Å². The number of esters is 1. The van der Waals surface area contributed by atoms with Crippen molar-refractivity contribution in [2.75, 3.05) is 18.6 Å². The van der Waals surface area contributed by atoms with Gasteiger partial charge in [-0.15, -0.1) is 0 Å². The number of imide groups is 1. The number of hydrogen-bond acceptors (Lipinski definition) is 7. The van der Waals surface area contributed by atoms with E-state index in [-0.39, 0.29) is 24.8 Å². The zero-order valence-corrected chi connectivity index (χ0v) is 17.2. The van der Waals surface area contributed by atoms with E-state index in [4.69, 9.17) is 0 Å². The number of hydrogen-bond donors (Lipinski definition) is 0. The van der Waals surface area contributed by atoms with Crippen LogP contribution < -0.4 is 4.90 Å². The molecule has 1 unspecified atom stereocenters. The first-order valence-electron chi connectivity index (χ1n) is 10.3. The molecule has 3 aliphatic heterocycles. The lowest BCUT2D eigenvalue weighted by Crippen LogP contribution is -2.54. The van der Waals surface area contributed by atoms with Crippen LogP contribution in [-0.4, -0.2) is 70.4 Å². The second-order valence-corrected chi connectivity index (χ2v) is 8.03. The molecule has 32 heavy (non-hydrogen) atoms. The molecule has 5 rings (SSSR count). The number of carbonyl (C=O) groups is 4. The van der Waals surface area contributed by atoms with Crippen molar-refractivity contribution in [2.45, 2.75) is 37.4 Å². The lowest BCUT2D eigenvalue weighted by molar-refractivity contribution is -0.144. The number of fused-ring (bicyclic) bond motifs is 6. The Hall–Kier alpha value is -4.00. The molecule has 3 saturated heterocycles. The number of ether oxygens (including phenoxy) is 1. The van der Waals surface area contributed by atoms with E-state index in [0.717, 1.165) is 4.90 Å². The second kappa shape index (κ2) is 7.30. The first-order valence-corrected chi connectivity index (χ1v) is 10.3. The maximum atomic E-state index is 13.4. The molecule has 3 atom stereocenters. The normalized spacial score (nSPS) is 23.6. The van der Waals surface area contributed by atoms with Crippen LogP contribution in [0.3, 0.4) is 0 Å². The summed E-state index contributed by atoms with van der Waals surface area (Å²) in [6.07, 6.45) is 2.06. The third kappa shape index (κ3) is 2.74. The molecule has 162 valence electrons. The number of amides is 4. The van der Waals surface area contributed by atoms with E-state index < -0.39 is 30.0 Å². The SMILES string of the molecule is COC(=O)CCC(=O)N1C[C@H]2CC1[C@H]1C(=O)N(c3ccc(C#N)c4ncccc34)C(=O)N21. The number of carbonyl (C=O) groups excluding carboxylic acids is 4. The summed E-state index contributed by atoms with van der Waals surface area (Å²) < 4.78 is 4.59. The number of nitriles is 1. The summed E-state index contributed by atoms with van der Waals surface area (Å²) in [5.41, 5.74) is 1.15. The molecule has 0 spiro atoms. The van der Waals surface area contributed by atoms with Gasteiger partial charge >= 0.3 is 12.0 Å². The predicted molar refractivity (Wildman–Crippen MR) is 110 cm³/mol. The molecule has 0 radical (unpaired) electrons. The number of nitrogens with zero attached hydrogens (tertiary/aromatic N) is 5. The lowest BCUT2D eigenvalue weighted by Gasteiger charge is -2.34. The maximum Gasteiger partial charge on any atom is 0.332 e. The highest BCUT2D eigenvalue weighted by atomic mass is 16.5. The molecule has 2 aromatic rings. The van der Waals surface area contributed by atoms with E-state index in [1.165, 1.54) is 7.11 Å². The smallest absolute Gasteiger partial charge is 0.332 e. The van der Waals surface area contributed by atoms with Crippen LogP contribution in [0.1, 0.15) is 24.8 Å². The van der Waals surface area contributed by atoms with Gasteiger partial charge in [0.2, 0.25) is 5.91 Å². The van der Waals surface area contributed by atoms with Gasteiger partial charge in [0.15, 0.2) is 0 Å². The molecule has 0 saturated carbocycles. The number of benzene rings is 1. The van der Waals surface area contributed by atoms with Crippen LogP contribution in [-0.2, 0) is 19.1 Å². The predicted octanol–water partition coefficient (Wildman–Crippen LogP) is 1.18. The zero-order chi connectivity index (χ0) is 22.6. The summed E-state index contributed by atoms with van der Waals surface area (Å²) in [6, 6.07) is 6.76. The maximum absolute atomic E-state index is 13.4. The number of anilines is 1. The first-order chi connectivity index (χ1) is 15.5.